The third-order valence-corrected chi connectivity index (χ3v) is 10.7. The SMILES string of the molecule is CN(Cc1nccc2c1[nH]c1ccccc12)C1CCCc2cccnc21.CNC1CCCc2cccnc21.O=Cc1nccc2c1[nH]c1ccccc12.[V]. The molecule has 271 valence electrons. The minimum atomic E-state index is 0. The Hall–Kier alpha value is -5.19. The van der Waals surface area contributed by atoms with Crippen molar-refractivity contribution in [3.63, 3.8) is 0 Å². The van der Waals surface area contributed by atoms with E-state index in [0.29, 0.717) is 17.8 Å². The Balaban J connectivity index is 0.000000136. The Morgan fingerprint density at radius 3 is 1.96 bits per heavy atom. The average Bonchev–Trinajstić information content (AvgIpc) is 3.80. The zero-order chi connectivity index (χ0) is 36.1. The van der Waals surface area contributed by atoms with Crippen molar-refractivity contribution in [1.29, 1.82) is 0 Å². The molecule has 0 spiro atoms. The van der Waals surface area contributed by atoms with Crippen LogP contribution >= 0.6 is 0 Å². The van der Waals surface area contributed by atoms with E-state index in [2.05, 4.69) is 79.7 Å². The minimum absolute atomic E-state index is 0. The number of hydrogen-bond donors (Lipinski definition) is 3. The van der Waals surface area contributed by atoms with Gasteiger partial charge in [0.1, 0.15) is 5.69 Å². The molecule has 9 nitrogen and oxygen atoms in total. The Bertz CT molecular complexity index is 2530. The van der Waals surface area contributed by atoms with Crippen LogP contribution in [0.1, 0.15) is 76.5 Å². The molecule has 54 heavy (non-hydrogen) atoms. The maximum atomic E-state index is 10.8. The Morgan fingerprint density at radius 2 is 1.28 bits per heavy atom. The number of para-hydroxylation sites is 2. The number of hydrogen-bond acceptors (Lipinski definition) is 7. The van der Waals surface area contributed by atoms with E-state index in [1.807, 2.05) is 68.1 Å². The van der Waals surface area contributed by atoms with Crippen LogP contribution in [0.15, 0.2) is 110 Å². The van der Waals surface area contributed by atoms with E-state index < -0.39 is 0 Å². The van der Waals surface area contributed by atoms with Crippen LogP contribution in [0.4, 0.5) is 0 Å². The summed E-state index contributed by atoms with van der Waals surface area (Å²) in [4.78, 5) is 37.8. The van der Waals surface area contributed by atoms with Gasteiger partial charge in [-0.3, -0.25) is 29.6 Å². The summed E-state index contributed by atoms with van der Waals surface area (Å²) in [6.45, 7) is 0.810. The van der Waals surface area contributed by atoms with E-state index in [1.54, 1.807) is 6.20 Å². The second-order valence-corrected chi connectivity index (χ2v) is 13.9. The normalized spacial score (nSPS) is 16.1. The molecule has 0 amide bonds. The van der Waals surface area contributed by atoms with Gasteiger partial charge in [0.25, 0.3) is 0 Å². The van der Waals surface area contributed by atoms with E-state index in [4.69, 9.17) is 9.97 Å². The number of nitrogens with zero attached hydrogens (tertiary/aromatic N) is 5. The summed E-state index contributed by atoms with van der Waals surface area (Å²) < 4.78 is 0. The zero-order valence-corrected chi connectivity index (χ0v) is 32.1. The first kappa shape index (κ1) is 37.1. The zero-order valence-electron chi connectivity index (χ0n) is 30.7. The smallest absolute Gasteiger partial charge is 0.170 e. The van der Waals surface area contributed by atoms with E-state index in [1.165, 1.54) is 64.5 Å². The number of carbonyl (C=O) groups is 1. The van der Waals surface area contributed by atoms with Crippen LogP contribution < -0.4 is 5.32 Å². The molecule has 2 aromatic carbocycles. The number of rotatable bonds is 5. The van der Waals surface area contributed by atoms with Crippen molar-refractivity contribution in [2.75, 3.05) is 14.1 Å². The number of aryl methyl sites for hydroxylation is 2. The standard InChI is InChI=1S/C22H22N4.C12H8N2O.C10H14N2.V/c1-26(20-10-4-6-15-7-5-12-24-21(15)20)14-19-22-17(11-13-23-19)16-8-2-3-9-18(16)25-22;15-7-11-12-9(5-6-13-11)8-3-1-2-4-10(8)14-12;1-11-9-6-2-4-8-5-3-7-12-10(8)9;/h2-3,5,7-9,11-13,20,25H,4,6,10,14H2,1H3;1-7,14H;3,5,7,9,11H,2,4,6H2,1H3;. The van der Waals surface area contributed by atoms with Gasteiger partial charge in [-0.2, -0.15) is 0 Å². The molecule has 0 aliphatic heterocycles. The Labute approximate surface area is 326 Å². The van der Waals surface area contributed by atoms with Crippen molar-refractivity contribution in [2.24, 2.45) is 0 Å². The van der Waals surface area contributed by atoms with Crippen molar-refractivity contribution in [3.05, 3.63) is 144 Å². The van der Waals surface area contributed by atoms with Gasteiger partial charge in [-0.15, -0.1) is 0 Å². The third-order valence-electron chi connectivity index (χ3n) is 10.7. The molecule has 6 heterocycles. The van der Waals surface area contributed by atoms with Crippen LogP contribution in [0.2, 0.25) is 0 Å². The van der Waals surface area contributed by atoms with Crippen molar-refractivity contribution in [1.82, 2.24) is 40.1 Å². The quantitative estimate of drug-likeness (QED) is 0.151. The van der Waals surface area contributed by atoms with Gasteiger partial charge in [-0.25, -0.2) is 0 Å². The Morgan fingerprint density at radius 1 is 0.685 bits per heavy atom. The fourth-order valence-corrected chi connectivity index (χ4v) is 8.09. The van der Waals surface area contributed by atoms with Crippen LogP contribution in [-0.4, -0.2) is 55.2 Å². The summed E-state index contributed by atoms with van der Waals surface area (Å²) in [6.07, 6.45) is 15.4. The number of aromatic amines is 2. The van der Waals surface area contributed by atoms with E-state index >= 15 is 0 Å². The number of aromatic nitrogens is 6. The molecule has 10 heteroatoms. The molecule has 2 unspecified atom stereocenters. The van der Waals surface area contributed by atoms with Crippen LogP contribution in [0.5, 0.6) is 0 Å². The maximum Gasteiger partial charge on any atom is 0.170 e. The first-order valence-corrected chi connectivity index (χ1v) is 18.5. The first-order valence-electron chi connectivity index (χ1n) is 18.5. The maximum absolute atomic E-state index is 10.8. The number of pyridine rings is 4. The molecule has 8 aromatic rings. The van der Waals surface area contributed by atoms with Crippen LogP contribution in [0, 0.1) is 0 Å². The monoisotopic (exact) mass is 751 g/mol. The predicted molar refractivity (Wildman–Crippen MR) is 213 cm³/mol. The first-order chi connectivity index (χ1) is 26.1. The molecule has 10 rings (SSSR count). The van der Waals surface area contributed by atoms with Crippen molar-refractivity contribution < 1.29 is 23.4 Å². The number of benzene rings is 2. The summed E-state index contributed by atoms with van der Waals surface area (Å²) in [7, 11) is 4.20. The summed E-state index contributed by atoms with van der Waals surface area (Å²) in [6, 6.07) is 29.8. The summed E-state index contributed by atoms with van der Waals surface area (Å²) in [5.41, 5.74) is 11.0. The molecule has 0 saturated heterocycles. The second kappa shape index (κ2) is 16.9. The molecule has 2 atom stereocenters. The summed E-state index contributed by atoms with van der Waals surface area (Å²) in [5, 5.41) is 7.98. The van der Waals surface area contributed by atoms with Crippen LogP contribution in [0.25, 0.3) is 43.6 Å². The van der Waals surface area contributed by atoms with Gasteiger partial charge in [0.2, 0.25) is 0 Å². The van der Waals surface area contributed by atoms with E-state index in [-0.39, 0.29) is 18.6 Å². The van der Waals surface area contributed by atoms with E-state index in [9.17, 15) is 4.79 Å². The number of H-pyrrole nitrogens is 2. The molecule has 0 bridgehead atoms. The molecule has 0 saturated carbocycles. The molecular weight excluding hydrogens is 707 g/mol. The number of carbonyl (C=O) groups excluding carboxylic acids is 1. The van der Waals surface area contributed by atoms with Gasteiger partial charge in [0, 0.05) is 88.5 Å². The van der Waals surface area contributed by atoms with Gasteiger partial charge in [0.15, 0.2) is 6.29 Å². The molecule has 2 aliphatic rings. The fraction of sp³-hybridized carbons (Fsp3) is 0.250. The second-order valence-electron chi connectivity index (χ2n) is 13.9. The van der Waals surface area contributed by atoms with Crippen LogP contribution in [0.3, 0.4) is 0 Å². The number of nitrogens with one attached hydrogen (secondary N) is 3. The van der Waals surface area contributed by atoms with Gasteiger partial charge >= 0.3 is 0 Å². The Kier molecular flexibility index (Phi) is 11.6. The minimum Gasteiger partial charge on any atom is -0.353 e. The molecule has 3 N–H and O–H groups in total. The molecule has 6 aromatic heterocycles. The fourth-order valence-electron chi connectivity index (χ4n) is 8.09. The third kappa shape index (κ3) is 7.45. The van der Waals surface area contributed by atoms with Crippen molar-refractivity contribution in [3.8, 4) is 0 Å². The number of aldehydes is 1. The van der Waals surface area contributed by atoms with E-state index in [0.717, 1.165) is 58.7 Å². The summed E-state index contributed by atoms with van der Waals surface area (Å²) in [5.74, 6) is 0. The number of fused-ring (bicyclic) bond motifs is 8. The predicted octanol–water partition coefficient (Wildman–Crippen LogP) is 8.83. The van der Waals surface area contributed by atoms with Crippen molar-refractivity contribution >= 4 is 49.9 Å². The average molecular weight is 752 g/mol. The van der Waals surface area contributed by atoms with Gasteiger partial charge < -0.3 is 15.3 Å². The van der Waals surface area contributed by atoms with Gasteiger partial charge in [-0.05, 0) is 100 Å². The molecule has 0 fully saturated rings. The molecule has 1 radical (unpaired) electrons. The topological polar surface area (TPSA) is 115 Å². The van der Waals surface area contributed by atoms with Crippen LogP contribution in [-0.2, 0) is 37.9 Å². The van der Waals surface area contributed by atoms with Crippen molar-refractivity contribution in [2.45, 2.75) is 57.2 Å². The van der Waals surface area contributed by atoms with Gasteiger partial charge in [-0.1, -0.05) is 48.5 Å². The van der Waals surface area contributed by atoms with Gasteiger partial charge in [0.05, 0.1) is 34.2 Å². The summed E-state index contributed by atoms with van der Waals surface area (Å²) >= 11 is 0. The molecule has 2 aliphatic carbocycles. The molecular formula is C44H44N8OV. The largest absolute Gasteiger partial charge is 0.353 e.